The molecule has 0 heterocycles. The second-order valence-corrected chi connectivity index (χ2v) is 7.01. The molecule has 0 saturated heterocycles. The quantitative estimate of drug-likeness (QED) is 0.881. The molecule has 0 spiro atoms. The highest BCUT2D eigenvalue weighted by Crippen LogP contribution is 2.31. The molecule has 6 heteroatoms. The number of rotatable bonds is 4. The van der Waals surface area contributed by atoms with Gasteiger partial charge in [-0.05, 0) is 36.8 Å². The Morgan fingerprint density at radius 1 is 1.05 bits per heavy atom. The minimum Gasteiger partial charge on any atom is -0.455 e. The highest BCUT2D eigenvalue weighted by atomic mass is 32.2. The van der Waals surface area contributed by atoms with Gasteiger partial charge in [0.25, 0.3) is 0 Å². The van der Waals surface area contributed by atoms with E-state index in [4.69, 9.17) is 10.5 Å². The first kappa shape index (κ1) is 15.3. The van der Waals surface area contributed by atoms with Crippen LogP contribution in [0.5, 0.6) is 11.5 Å². The van der Waals surface area contributed by atoms with Crippen LogP contribution < -0.4 is 10.5 Å². The molecule has 2 N–H and O–H groups in total. The summed E-state index contributed by atoms with van der Waals surface area (Å²) >= 11 is 0. The second kappa shape index (κ2) is 5.75. The van der Waals surface area contributed by atoms with Gasteiger partial charge in [0.05, 0.1) is 10.6 Å². The van der Waals surface area contributed by atoms with Gasteiger partial charge in [0.15, 0.2) is 0 Å². The number of anilines is 1. The number of hydrogen-bond donors (Lipinski definition) is 1. The molecule has 0 unspecified atom stereocenters. The highest BCUT2D eigenvalue weighted by molar-refractivity contribution is 7.89. The van der Waals surface area contributed by atoms with E-state index in [0.717, 1.165) is 9.87 Å². The zero-order valence-electron chi connectivity index (χ0n) is 12.2. The number of hydrogen-bond acceptors (Lipinski definition) is 4. The van der Waals surface area contributed by atoms with E-state index < -0.39 is 10.0 Å². The van der Waals surface area contributed by atoms with E-state index in [2.05, 4.69) is 0 Å². The van der Waals surface area contributed by atoms with Crippen molar-refractivity contribution in [2.75, 3.05) is 19.8 Å². The number of aryl methyl sites for hydroxylation is 1. The molecular formula is C15H18N2O3S. The Morgan fingerprint density at radius 2 is 1.71 bits per heavy atom. The fraction of sp³-hybridized carbons (Fsp3) is 0.200. The standard InChI is InChI=1S/C15H18N2O3S/c1-11-6-4-5-7-14(11)20-15-9-8-12(10-13(15)16)21(18,19)17(2)3/h4-10H,16H2,1-3H3. The van der Waals surface area contributed by atoms with Crippen molar-refractivity contribution in [2.24, 2.45) is 0 Å². The van der Waals surface area contributed by atoms with E-state index in [1.165, 1.54) is 26.2 Å². The van der Waals surface area contributed by atoms with E-state index in [-0.39, 0.29) is 10.6 Å². The molecule has 0 aliphatic rings. The van der Waals surface area contributed by atoms with Crippen molar-refractivity contribution in [2.45, 2.75) is 11.8 Å². The molecule has 2 rings (SSSR count). The molecule has 0 saturated carbocycles. The molecule has 0 aromatic heterocycles. The zero-order valence-corrected chi connectivity index (χ0v) is 13.0. The van der Waals surface area contributed by atoms with E-state index in [9.17, 15) is 8.42 Å². The first-order valence-electron chi connectivity index (χ1n) is 6.38. The monoisotopic (exact) mass is 306 g/mol. The van der Waals surface area contributed by atoms with Gasteiger partial charge < -0.3 is 10.5 Å². The Hall–Kier alpha value is -2.05. The maximum absolute atomic E-state index is 12.0. The fourth-order valence-electron chi connectivity index (χ4n) is 1.78. The lowest BCUT2D eigenvalue weighted by Gasteiger charge is -2.14. The molecule has 0 aliphatic heterocycles. The Kier molecular flexibility index (Phi) is 4.20. The number of ether oxygens (including phenoxy) is 1. The smallest absolute Gasteiger partial charge is 0.242 e. The van der Waals surface area contributed by atoms with Crippen molar-refractivity contribution in [3.63, 3.8) is 0 Å². The van der Waals surface area contributed by atoms with Crippen molar-refractivity contribution < 1.29 is 13.2 Å². The molecule has 0 radical (unpaired) electrons. The van der Waals surface area contributed by atoms with Gasteiger partial charge in [-0.25, -0.2) is 12.7 Å². The molecule has 0 atom stereocenters. The summed E-state index contributed by atoms with van der Waals surface area (Å²) in [4.78, 5) is 0.141. The van der Waals surface area contributed by atoms with Crippen molar-refractivity contribution in [3.8, 4) is 11.5 Å². The largest absolute Gasteiger partial charge is 0.455 e. The molecular weight excluding hydrogens is 288 g/mol. The minimum atomic E-state index is -3.50. The first-order chi connectivity index (χ1) is 9.82. The summed E-state index contributed by atoms with van der Waals surface area (Å²) in [6.45, 7) is 1.93. The summed E-state index contributed by atoms with van der Waals surface area (Å²) in [5, 5.41) is 0. The SMILES string of the molecule is Cc1ccccc1Oc1ccc(S(=O)(=O)N(C)C)cc1N. The van der Waals surface area contributed by atoms with Crippen LogP contribution in [0.3, 0.4) is 0 Å². The average Bonchev–Trinajstić information content (AvgIpc) is 2.43. The number of benzene rings is 2. The molecule has 112 valence electrons. The van der Waals surface area contributed by atoms with Crippen LogP contribution in [0.25, 0.3) is 0 Å². The van der Waals surface area contributed by atoms with Crippen molar-refractivity contribution >= 4 is 15.7 Å². The van der Waals surface area contributed by atoms with Crippen LogP contribution in [0.1, 0.15) is 5.56 Å². The molecule has 2 aromatic carbocycles. The normalized spacial score (nSPS) is 11.6. The lowest BCUT2D eigenvalue weighted by atomic mass is 10.2. The fourth-order valence-corrected chi connectivity index (χ4v) is 2.72. The summed E-state index contributed by atoms with van der Waals surface area (Å²) < 4.78 is 31.0. The van der Waals surface area contributed by atoms with Gasteiger partial charge in [-0.1, -0.05) is 18.2 Å². The molecule has 0 fully saturated rings. The van der Waals surface area contributed by atoms with Gasteiger partial charge in [0.1, 0.15) is 11.5 Å². The lowest BCUT2D eigenvalue weighted by Crippen LogP contribution is -2.22. The maximum Gasteiger partial charge on any atom is 0.242 e. The van der Waals surface area contributed by atoms with Gasteiger partial charge >= 0.3 is 0 Å². The molecule has 0 bridgehead atoms. The summed E-state index contributed by atoms with van der Waals surface area (Å²) in [6, 6.07) is 12.0. The number of nitrogen functional groups attached to an aromatic ring is 1. The minimum absolute atomic E-state index is 0.141. The van der Waals surface area contributed by atoms with Gasteiger partial charge in [-0.15, -0.1) is 0 Å². The molecule has 0 aliphatic carbocycles. The zero-order chi connectivity index (χ0) is 15.6. The number of sulfonamides is 1. The maximum atomic E-state index is 12.0. The Bertz CT molecular complexity index is 755. The number of para-hydroxylation sites is 1. The van der Waals surface area contributed by atoms with E-state index in [1.54, 1.807) is 6.07 Å². The van der Waals surface area contributed by atoms with Crippen LogP contribution >= 0.6 is 0 Å². The Labute approximate surface area is 125 Å². The van der Waals surface area contributed by atoms with Crippen LogP contribution in [0.4, 0.5) is 5.69 Å². The number of nitrogens with two attached hydrogens (primary N) is 1. The lowest BCUT2D eigenvalue weighted by molar-refractivity contribution is 0.480. The molecule has 2 aromatic rings. The number of nitrogens with zero attached hydrogens (tertiary/aromatic N) is 1. The average molecular weight is 306 g/mol. The third-order valence-corrected chi connectivity index (χ3v) is 4.88. The van der Waals surface area contributed by atoms with Crippen molar-refractivity contribution in [3.05, 3.63) is 48.0 Å². The summed E-state index contributed by atoms with van der Waals surface area (Å²) in [5.74, 6) is 1.12. The molecule has 0 amide bonds. The predicted octanol–water partition coefficient (Wildman–Crippen LogP) is 2.62. The Morgan fingerprint density at radius 3 is 2.29 bits per heavy atom. The second-order valence-electron chi connectivity index (χ2n) is 4.85. The van der Waals surface area contributed by atoms with Gasteiger partial charge in [0.2, 0.25) is 10.0 Å². The summed E-state index contributed by atoms with van der Waals surface area (Å²) in [5.41, 5.74) is 7.16. The van der Waals surface area contributed by atoms with Crippen molar-refractivity contribution in [1.29, 1.82) is 0 Å². The molecule has 21 heavy (non-hydrogen) atoms. The third kappa shape index (κ3) is 3.17. The van der Waals surface area contributed by atoms with Gasteiger partial charge in [-0.3, -0.25) is 0 Å². The topological polar surface area (TPSA) is 72.6 Å². The van der Waals surface area contributed by atoms with E-state index >= 15 is 0 Å². The van der Waals surface area contributed by atoms with E-state index in [0.29, 0.717) is 11.5 Å². The van der Waals surface area contributed by atoms with Crippen LogP contribution in [-0.4, -0.2) is 26.8 Å². The summed E-state index contributed by atoms with van der Waals surface area (Å²) in [6.07, 6.45) is 0. The van der Waals surface area contributed by atoms with Crippen LogP contribution in [0, 0.1) is 6.92 Å². The molecule has 5 nitrogen and oxygen atoms in total. The van der Waals surface area contributed by atoms with Crippen LogP contribution in [0.15, 0.2) is 47.4 Å². The van der Waals surface area contributed by atoms with Crippen LogP contribution in [0.2, 0.25) is 0 Å². The highest BCUT2D eigenvalue weighted by Gasteiger charge is 2.18. The van der Waals surface area contributed by atoms with Gasteiger partial charge in [-0.2, -0.15) is 0 Å². The Balaban J connectivity index is 2.35. The summed E-state index contributed by atoms with van der Waals surface area (Å²) in [7, 11) is -0.548. The van der Waals surface area contributed by atoms with Crippen LogP contribution in [-0.2, 0) is 10.0 Å². The van der Waals surface area contributed by atoms with Crippen molar-refractivity contribution in [1.82, 2.24) is 4.31 Å². The van der Waals surface area contributed by atoms with Gasteiger partial charge in [0, 0.05) is 14.1 Å². The predicted molar refractivity (Wildman–Crippen MR) is 83.0 cm³/mol. The first-order valence-corrected chi connectivity index (χ1v) is 7.82. The van der Waals surface area contributed by atoms with E-state index in [1.807, 2.05) is 31.2 Å². The third-order valence-electron chi connectivity index (χ3n) is 3.07.